The first-order chi connectivity index (χ1) is 9.58. The second-order valence-electron chi connectivity index (χ2n) is 4.62. The van der Waals surface area contributed by atoms with Gasteiger partial charge in [-0.2, -0.15) is 0 Å². The number of fused-ring (bicyclic) bond motifs is 1. The molecule has 3 rings (SSSR count). The Morgan fingerprint density at radius 2 is 2.05 bits per heavy atom. The molecule has 0 atom stereocenters. The van der Waals surface area contributed by atoms with E-state index >= 15 is 0 Å². The Morgan fingerprint density at radius 1 is 1.25 bits per heavy atom. The van der Waals surface area contributed by atoms with Gasteiger partial charge in [-0.15, -0.1) is 0 Å². The summed E-state index contributed by atoms with van der Waals surface area (Å²) < 4.78 is 15.0. The van der Waals surface area contributed by atoms with E-state index < -0.39 is 17.5 Å². The van der Waals surface area contributed by atoms with E-state index in [0.29, 0.717) is 18.8 Å². The van der Waals surface area contributed by atoms with Crippen LogP contribution < -0.4 is 4.90 Å². The number of ketones is 1. The van der Waals surface area contributed by atoms with Gasteiger partial charge in [-0.25, -0.2) is 9.37 Å². The van der Waals surface area contributed by atoms with Gasteiger partial charge in [-0.05, 0) is 25.1 Å². The van der Waals surface area contributed by atoms with E-state index in [1.165, 1.54) is 17.0 Å². The first kappa shape index (κ1) is 12.5. The molecule has 1 aliphatic rings. The maximum atomic E-state index is 13.2. The van der Waals surface area contributed by atoms with Gasteiger partial charge in [0.2, 0.25) is 0 Å². The number of halogens is 1. The van der Waals surface area contributed by atoms with Gasteiger partial charge in [-0.3, -0.25) is 9.59 Å². The van der Waals surface area contributed by atoms with Crippen molar-refractivity contribution in [2.45, 2.75) is 13.5 Å². The molecule has 0 fully saturated rings. The third kappa shape index (κ3) is 1.89. The van der Waals surface area contributed by atoms with E-state index in [-0.39, 0.29) is 5.56 Å². The molecule has 2 heterocycles. The fraction of sp³-hybridized carbons (Fsp3) is 0.214. The smallest absolute Gasteiger partial charge is 0.299 e. The van der Waals surface area contributed by atoms with Crippen LogP contribution in [0.3, 0.4) is 0 Å². The van der Waals surface area contributed by atoms with Crippen LogP contribution in [0.25, 0.3) is 0 Å². The van der Waals surface area contributed by atoms with E-state index in [1.54, 1.807) is 6.20 Å². The van der Waals surface area contributed by atoms with Crippen LogP contribution in [-0.2, 0) is 11.3 Å². The van der Waals surface area contributed by atoms with Crippen LogP contribution in [0.4, 0.5) is 10.1 Å². The Labute approximate surface area is 114 Å². The standard InChI is InChI=1S/C14H12FN3O2/c1-9-16-4-5-17(9)6-7-18-12-3-2-10(15)8-11(12)13(19)14(18)20/h2-5,8H,6-7H2,1H3. The molecule has 1 aromatic heterocycles. The van der Waals surface area contributed by atoms with Gasteiger partial charge in [0, 0.05) is 25.5 Å². The predicted molar refractivity (Wildman–Crippen MR) is 70.0 cm³/mol. The van der Waals surface area contributed by atoms with Gasteiger partial charge in [0.25, 0.3) is 11.7 Å². The van der Waals surface area contributed by atoms with Crippen molar-refractivity contribution in [1.82, 2.24) is 9.55 Å². The lowest BCUT2D eigenvalue weighted by Crippen LogP contribution is -2.32. The summed E-state index contributed by atoms with van der Waals surface area (Å²) >= 11 is 0. The minimum atomic E-state index is -0.651. The van der Waals surface area contributed by atoms with Gasteiger partial charge in [-0.1, -0.05) is 0 Å². The van der Waals surface area contributed by atoms with E-state index in [1.807, 2.05) is 17.7 Å². The Kier molecular flexibility index (Phi) is 2.85. The van der Waals surface area contributed by atoms with Crippen LogP contribution in [0.15, 0.2) is 30.6 Å². The molecule has 1 aromatic carbocycles. The molecule has 1 amide bonds. The van der Waals surface area contributed by atoms with E-state index in [0.717, 1.165) is 11.9 Å². The molecule has 0 saturated heterocycles. The normalized spacial score (nSPS) is 14.0. The number of Topliss-reactive ketones (excluding diaryl/α,β-unsaturated/α-hetero) is 1. The number of aromatic nitrogens is 2. The molecule has 20 heavy (non-hydrogen) atoms. The molecule has 0 aliphatic carbocycles. The van der Waals surface area contributed by atoms with Gasteiger partial charge in [0.1, 0.15) is 11.6 Å². The Morgan fingerprint density at radius 3 is 2.75 bits per heavy atom. The van der Waals surface area contributed by atoms with Crippen molar-refractivity contribution in [2.24, 2.45) is 0 Å². The lowest BCUT2D eigenvalue weighted by molar-refractivity contribution is -0.114. The first-order valence-electron chi connectivity index (χ1n) is 6.21. The second-order valence-corrected chi connectivity index (χ2v) is 4.62. The van der Waals surface area contributed by atoms with Crippen molar-refractivity contribution in [1.29, 1.82) is 0 Å². The van der Waals surface area contributed by atoms with Crippen LogP contribution in [0.2, 0.25) is 0 Å². The molecule has 0 radical (unpaired) electrons. The number of benzene rings is 1. The molecule has 6 heteroatoms. The minimum absolute atomic E-state index is 0.136. The summed E-state index contributed by atoms with van der Waals surface area (Å²) in [4.78, 5) is 29.2. The van der Waals surface area contributed by atoms with Gasteiger partial charge in [0.15, 0.2) is 0 Å². The second kappa shape index (κ2) is 4.56. The highest BCUT2D eigenvalue weighted by atomic mass is 19.1. The fourth-order valence-corrected chi connectivity index (χ4v) is 2.34. The number of rotatable bonds is 3. The third-order valence-electron chi connectivity index (χ3n) is 3.42. The highest BCUT2D eigenvalue weighted by Crippen LogP contribution is 2.29. The maximum Gasteiger partial charge on any atom is 0.299 e. The van der Waals surface area contributed by atoms with Crippen molar-refractivity contribution in [3.8, 4) is 0 Å². The topological polar surface area (TPSA) is 55.2 Å². The van der Waals surface area contributed by atoms with E-state index in [9.17, 15) is 14.0 Å². The molecule has 1 aliphatic heterocycles. The van der Waals surface area contributed by atoms with Crippen molar-refractivity contribution < 1.29 is 14.0 Å². The molecule has 0 N–H and O–H groups in total. The average Bonchev–Trinajstić information content (AvgIpc) is 2.93. The lowest BCUT2D eigenvalue weighted by Gasteiger charge is -2.17. The highest BCUT2D eigenvalue weighted by Gasteiger charge is 2.35. The lowest BCUT2D eigenvalue weighted by atomic mass is 10.1. The largest absolute Gasteiger partial charge is 0.333 e. The predicted octanol–water partition coefficient (Wildman–Crippen LogP) is 1.56. The summed E-state index contributed by atoms with van der Waals surface area (Å²) in [6.07, 6.45) is 3.49. The summed E-state index contributed by atoms with van der Waals surface area (Å²) in [5.41, 5.74) is 0.608. The Hall–Kier alpha value is -2.50. The number of carbonyl (C=O) groups excluding carboxylic acids is 2. The van der Waals surface area contributed by atoms with Crippen LogP contribution in [-0.4, -0.2) is 27.8 Å². The fourth-order valence-electron chi connectivity index (χ4n) is 2.34. The number of amides is 1. The number of hydrogen-bond donors (Lipinski definition) is 0. The Balaban J connectivity index is 1.86. The molecule has 5 nitrogen and oxygen atoms in total. The number of hydrogen-bond acceptors (Lipinski definition) is 3. The molecular formula is C14H12FN3O2. The molecule has 0 saturated carbocycles. The average molecular weight is 273 g/mol. The highest BCUT2D eigenvalue weighted by molar-refractivity contribution is 6.52. The quantitative estimate of drug-likeness (QED) is 0.797. The van der Waals surface area contributed by atoms with Crippen LogP contribution >= 0.6 is 0 Å². The number of aryl methyl sites for hydroxylation is 1. The zero-order valence-corrected chi connectivity index (χ0v) is 10.8. The van der Waals surface area contributed by atoms with Gasteiger partial charge >= 0.3 is 0 Å². The monoisotopic (exact) mass is 273 g/mol. The zero-order valence-electron chi connectivity index (χ0n) is 10.8. The number of nitrogens with zero attached hydrogens (tertiary/aromatic N) is 3. The molecule has 0 unspecified atom stereocenters. The summed E-state index contributed by atoms with van der Waals surface area (Å²) in [6.45, 7) is 2.74. The SMILES string of the molecule is Cc1nccn1CCN1C(=O)C(=O)c2cc(F)ccc21. The number of imidazole rings is 1. The molecular weight excluding hydrogens is 261 g/mol. The molecule has 0 spiro atoms. The summed E-state index contributed by atoms with van der Waals surface area (Å²) in [6, 6.07) is 3.83. The Bertz CT molecular complexity index is 708. The first-order valence-corrected chi connectivity index (χ1v) is 6.21. The van der Waals surface area contributed by atoms with Crippen LogP contribution in [0.5, 0.6) is 0 Å². The minimum Gasteiger partial charge on any atom is -0.333 e. The van der Waals surface area contributed by atoms with E-state index in [2.05, 4.69) is 4.98 Å². The van der Waals surface area contributed by atoms with Crippen molar-refractivity contribution in [3.63, 3.8) is 0 Å². The molecule has 0 bridgehead atoms. The summed E-state index contributed by atoms with van der Waals surface area (Å²) in [7, 11) is 0. The number of anilines is 1. The van der Waals surface area contributed by atoms with Gasteiger partial charge < -0.3 is 9.47 Å². The third-order valence-corrected chi connectivity index (χ3v) is 3.42. The maximum absolute atomic E-state index is 13.2. The summed E-state index contributed by atoms with van der Waals surface area (Å²) in [5.74, 6) is -0.940. The van der Waals surface area contributed by atoms with E-state index in [4.69, 9.17) is 0 Å². The zero-order chi connectivity index (χ0) is 14.3. The molecule has 102 valence electrons. The van der Waals surface area contributed by atoms with Crippen molar-refractivity contribution in [2.75, 3.05) is 11.4 Å². The van der Waals surface area contributed by atoms with Gasteiger partial charge in [0.05, 0.1) is 11.3 Å². The van der Waals surface area contributed by atoms with Crippen molar-refractivity contribution >= 4 is 17.4 Å². The van der Waals surface area contributed by atoms with Crippen LogP contribution in [0, 0.1) is 12.7 Å². The van der Waals surface area contributed by atoms with Crippen molar-refractivity contribution in [3.05, 3.63) is 47.8 Å². The number of carbonyl (C=O) groups is 2. The molecule has 2 aromatic rings. The summed E-state index contributed by atoms with van der Waals surface area (Å²) in [5, 5.41) is 0. The van der Waals surface area contributed by atoms with Crippen LogP contribution in [0.1, 0.15) is 16.2 Å².